The maximum absolute atomic E-state index is 5.35. The van der Waals surface area contributed by atoms with Gasteiger partial charge >= 0.3 is 0 Å². The third kappa shape index (κ3) is 15.9. The molecule has 4 heteroatoms. The molecular weight excluding hydrogens is 364 g/mol. The van der Waals surface area contributed by atoms with Gasteiger partial charge in [0.15, 0.2) is 0 Å². The number of nitrogens with zero attached hydrogens (tertiary/aromatic N) is 1. The summed E-state index contributed by atoms with van der Waals surface area (Å²) in [5.41, 5.74) is 3.52. The second-order valence-electron chi connectivity index (χ2n) is 7.10. The minimum Gasteiger partial charge on any atom is -0.379 e. The van der Waals surface area contributed by atoms with Crippen LogP contribution in [0.5, 0.6) is 0 Å². The summed E-state index contributed by atoms with van der Waals surface area (Å²) < 4.78 is 5.35. The number of hydrogen-bond donors (Lipinski definition) is 1. The molecule has 24 heavy (non-hydrogen) atoms. The van der Waals surface area contributed by atoms with Crippen molar-refractivity contribution in [2.24, 2.45) is 0 Å². The number of unbranched alkanes of at least 4 members (excludes halogenated alkanes) is 13. The molecular formula is C20H43BrN2O. The van der Waals surface area contributed by atoms with Gasteiger partial charge in [0.25, 0.3) is 0 Å². The van der Waals surface area contributed by atoms with E-state index < -0.39 is 0 Å². The van der Waals surface area contributed by atoms with E-state index in [2.05, 4.69) is 17.4 Å². The zero-order valence-electron chi connectivity index (χ0n) is 16.2. The Bertz CT molecular complexity index is 236. The van der Waals surface area contributed by atoms with Gasteiger partial charge in [0, 0.05) is 19.6 Å². The molecule has 1 fully saturated rings. The summed E-state index contributed by atoms with van der Waals surface area (Å²) in [4.78, 5) is 0. The van der Waals surface area contributed by atoms with Crippen LogP contribution in [0.25, 0.3) is 0 Å². The molecule has 0 aliphatic carbocycles. The summed E-state index contributed by atoms with van der Waals surface area (Å²) in [7, 11) is 0. The van der Waals surface area contributed by atoms with E-state index in [0.29, 0.717) is 0 Å². The first-order valence-electron chi connectivity index (χ1n) is 10.5. The minimum absolute atomic E-state index is 0. The van der Waals surface area contributed by atoms with Crippen LogP contribution in [0.4, 0.5) is 0 Å². The van der Waals surface area contributed by atoms with Gasteiger partial charge in [-0.05, 0) is 6.42 Å². The van der Waals surface area contributed by atoms with Crippen molar-refractivity contribution in [2.75, 3.05) is 32.8 Å². The highest BCUT2D eigenvalue weighted by Gasteiger charge is 2.08. The molecule has 1 heterocycles. The Balaban J connectivity index is 0.00000529. The molecule has 0 aromatic heterocycles. The third-order valence-electron chi connectivity index (χ3n) is 4.88. The average molecular weight is 407 g/mol. The number of hydrazine groups is 1. The van der Waals surface area contributed by atoms with Crippen LogP contribution in [0.3, 0.4) is 0 Å². The zero-order valence-corrected chi connectivity index (χ0v) is 17.9. The van der Waals surface area contributed by atoms with Crippen molar-refractivity contribution in [1.82, 2.24) is 10.4 Å². The van der Waals surface area contributed by atoms with E-state index in [4.69, 9.17) is 4.74 Å². The van der Waals surface area contributed by atoms with Crippen LogP contribution < -0.4 is 5.43 Å². The highest BCUT2D eigenvalue weighted by atomic mass is 79.9. The lowest BCUT2D eigenvalue weighted by Gasteiger charge is -2.27. The van der Waals surface area contributed by atoms with E-state index >= 15 is 0 Å². The highest BCUT2D eigenvalue weighted by Crippen LogP contribution is 2.12. The quantitative estimate of drug-likeness (QED) is 0.323. The molecule has 1 N–H and O–H groups in total. The van der Waals surface area contributed by atoms with Crippen LogP contribution in [-0.4, -0.2) is 37.9 Å². The van der Waals surface area contributed by atoms with Gasteiger partial charge in [-0.15, -0.1) is 17.0 Å². The molecule has 0 saturated carbocycles. The summed E-state index contributed by atoms with van der Waals surface area (Å²) in [5, 5.41) is 2.31. The van der Waals surface area contributed by atoms with E-state index in [-0.39, 0.29) is 17.0 Å². The van der Waals surface area contributed by atoms with Crippen molar-refractivity contribution in [2.45, 2.75) is 96.8 Å². The van der Waals surface area contributed by atoms with Crippen molar-refractivity contribution in [3.63, 3.8) is 0 Å². The lowest BCUT2D eigenvalue weighted by Crippen LogP contribution is -2.45. The van der Waals surface area contributed by atoms with Crippen molar-refractivity contribution in [3.05, 3.63) is 0 Å². The average Bonchev–Trinajstić information content (AvgIpc) is 2.59. The molecule has 1 saturated heterocycles. The molecule has 1 aliphatic heterocycles. The van der Waals surface area contributed by atoms with Crippen LogP contribution in [0.2, 0.25) is 0 Å². The van der Waals surface area contributed by atoms with Crippen LogP contribution in [-0.2, 0) is 4.74 Å². The van der Waals surface area contributed by atoms with Gasteiger partial charge in [0.2, 0.25) is 0 Å². The fraction of sp³-hybridized carbons (Fsp3) is 1.00. The van der Waals surface area contributed by atoms with Crippen LogP contribution >= 0.6 is 17.0 Å². The van der Waals surface area contributed by atoms with E-state index in [9.17, 15) is 0 Å². The predicted molar refractivity (Wildman–Crippen MR) is 111 cm³/mol. The van der Waals surface area contributed by atoms with Gasteiger partial charge in [-0.1, -0.05) is 90.4 Å². The van der Waals surface area contributed by atoms with Crippen LogP contribution in [0.1, 0.15) is 96.8 Å². The van der Waals surface area contributed by atoms with E-state index in [0.717, 1.165) is 32.8 Å². The van der Waals surface area contributed by atoms with Crippen molar-refractivity contribution < 1.29 is 4.74 Å². The molecule has 0 amide bonds. The Morgan fingerprint density at radius 1 is 0.667 bits per heavy atom. The van der Waals surface area contributed by atoms with Gasteiger partial charge in [-0.25, -0.2) is 5.01 Å². The first-order chi connectivity index (χ1) is 11.4. The Kier molecular flexibility index (Phi) is 20.0. The lowest BCUT2D eigenvalue weighted by molar-refractivity contribution is 0.0118. The van der Waals surface area contributed by atoms with Crippen LogP contribution in [0.15, 0.2) is 0 Å². The van der Waals surface area contributed by atoms with Gasteiger partial charge in [-0.3, -0.25) is 5.43 Å². The molecule has 0 spiro atoms. The lowest BCUT2D eigenvalue weighted by atomic mass is 10.0. The number of nitrogens with one attached hydrogen (secondary N) is 1. The first-order valence-corrected chi connectivity index (χ1v) is 10.5. The fourth-order valence-electron chi connectivity index (χ4n) is 3.28. The SMILES string of the molecule is Br.CCCCCCCCCCCCCCCCNN1CCOCC1. The number of ether oxygens (including phenoxy) is 1. The number of hydrogen-bond acceptors (Lipinski definition) is 3. The summed E-state index contributed by atoms with van der Waals surface area (Å²) in [5.74, 6) is 0. The Hall–Kier alpha value is 0.360. The molecule has 0 radical (unpaired) electrons. The second-order valence-corrected chi connectivity index (χ2v) is 7.10. The largest absolute Gasteiger partial charge is 0.379 e. The summed E-state index contributed by atoms with van der Waals surface area (Å²) in [6.45, 7) is 7.27. The Morgan fingerprint density at radius 2 is 1.08 bits per heavy atom. The number of halogens is 1. The van der Waals surface area contributed by atoms with E-state index in [1.165, 1.54) is 89.9 Å². The van der Waals surface area contributed by atoms with Gasteiger partial charge in [-0.2, -0.15) is 0 Å². The summed E-state index contributed by atoms with van der Waals surface area (Å²) >= 11 is 0. The molecule has 0 atom stereocenters. The van der Waals surface area contributed by atoms with Crippen molar-refractivity contribution >= 4 is 17.0 Å². The standard InChI is InChI=1S/C20H42N2O.BrH/c1-2-3-4-5-6-7-8-9-10-11-12-13-14-15-16-21-22-17-19-23-20-18-22;/h21H,2-20H2,1H3;1H. The molecule has 0 aromatic carbocycles. The second kappa shape index (κ2) is 19.7. The van der Waals surface area contributed by atoms with Crippen molar-refractivity contribution in [3.8, 4) is 0 Å². The van der Waals surface area contributed by atoms with Crippen LogP contribution in [0, 0.1) is 0 Å². The molecule has 0 unspecified atom stereocenters. The molecule has 1 aliphatic rings. The molecule has 1 rings (SSSR count). The minimum atomic E-state index is 0. The normalized spacial score (nSPS) is 15.4. The molecule has 0 aromatic rings. The topological polar surface area (TPSA) is 24.5 Å². The maximum Gasteiger partial charge on any atom is 0.0608 e. The summed E-state index contributed by atoms with van der Waals surface area (Å²) in [6, 6.07) is 0. The van der Waals surface area contributed by atoms with Gasteiger partial charge in [0.05, 0.1) is 13.2 Å². The zero-order chi connectivity index (χ0) is 16.4. The fourth-order valence-corrected chi connectivity index (χ4v) is 3.28. The van der Waals surface area contributed by atoms with E-state index in [1.54, 1.807) is 0 Å². The number of morpholine rings is 1. The monoisotopic (exact) mass is 406 g/mol. The predicted octanol–water partition coefficient (Wildman–Crippen LogP) is 5.88. The third-order valence-corrected chi connectivity index (χ3v) is 4.88. The molecule has 0 bridgehead atoms. The molecule has 3 nitrogen and oxygen atoms in total. The maximum atomic E-state index is 5.35. The Labute approximate surface area is 162 Å². The Morgan fingerprint density at radius 3 is 1.54 bits per heavy atom. The smallest absolute Gasteiger partial charge is 0.0608 e. The van der Waals surface area contributed by atoms with E-state index in [1.807, 2.05) is 0 Å². The van der Waals surface area contributed by atoms with Crippen molar-refractivity contribution in [1.29, 1.82) is 0 Å². The van der Waals surface area contributed by atoms with Gasteiger partial charge < -0.3 is 4.74 Å². The van der Waals surface area contributed by atoms with Gasteiger partial charge in [0.1, 0.15) is 0 Å². The summed E-state index contributed by atoms with van der Waals surface area (Å²) in [6.07, 6.45) is 20.1. The number of rotatable bonds is 16. The molecule has 146 valence electrons. The highest BCUT2D eigenvalue weighted by molar-refractivity contribution is 8.93. The first kappa shape index (κ1) is 24.4.